The van der Waals surface area contributed by atoms with Crippen molar-refractivity contribution >= 4 is 29.6 Å². The molecule has 0 spiro atoms. The number of fused-ring (bicyclic) bond motifs is 2. The van der Waals surface area contributed by atoms with Gasteiger partial charge in [-0.3, -0.25) is 9.59 Å². The van der Waals surface area contributed by atoms with Crippen molar-refractivity contribution < 1.29 is 37.8 Å². The molecule has 5 rings (SSSR count). The molecule has 16 heteroatoms. The van der Waals surface area contributed by atoms with Crippen LogP contribution in [0, 0.1) is 17.6 Å². The number of carboxylic acids is 1. The van der Waals surface area contributed by atoms with E-state index in [4.69, 9.17) is 4.74 Å². The normalized spacial score (nSPS) is 27.1. The number of alkyl carbamates (subject to hydrolysis) is 1. The molecule has 5 atom stereocenters. The summed E-state index contributed by atoms with van der Waals surface area (Å²) in [6, 6.07) is -0.696. The Labute approximate surface area is 276 Å². The summed E-state index contributed by atoms with van der Waals surface area (Å²) < 4.78 is 34.9. The summed E-state index contributed by atoms with van der Waals surface area (Å²) in [7, 11) is 3.02. The van der Waals surface area contributed by atoms with E-state index in [0.29, 0.717) is 12.8 Å². The van der Waals surface area contributed by atoms with Gasteiger partial charge in [0.05, 0.1) is 6.04 Å². The van der Waals surface area contributed by atoms with Crippen LogP contribution in [-0.2, 0) is 19.1 Å². The number of nitrogens with one attached hydrogen (secondary N) is 2. The molecule has 3 amide bonds. The summed E-state index contributed by atoms with van der Waals surface area (Å²) in [6.45, 7) is 5.02. The Hall–Kier alpha value is -4.63. The number of amides is 3. The number of rotatable bonds is 5. The molecule has 0 bridgehead atoms. The Morgan fingerprint density at radius 1 is 1.15 bits per heavy atom. The molecule has 48 heavy (non-hydrogen) atoms. The predicted molar refractivity (Wildman–Crippen MR) is 169 cm³/mol. The van der Waals surface area contributed by atoms with Crippen molar-refractivity contribution in [1.29, 1.82) is 0 Å². The van der Waals surface area contributed by atoms with E-state index in [-0.39, 0.29) is 42.9 Å². The molecule has 260 valence electrons. The fraction of sp³-hybridized carbons (Fsp3) is 0.594. The smallest absolute Gasteiger partial charge is 0.408 e. The highest BCUT2D eigenvalue weighted by atomic mass is 19.1. The van der Waals surface area contributed by atoms with Crippen LogP contribution in [0.3, 0.4) is 0 Å². The largest absolute Gasteiger partial charge is 0.479 e. The van der Waals surface area contributed by atoms with Gasteiger partial charge in [-0.2, -0.15) is 4.80 Å². The standard InChI is InChI=1S/C32H42F2N8O6/c1-31(2,3)48-30(47)35-23-12-10-8-6-7-9-11-19-16-32(19,29(45)46)36-27(43)24-15-20(17-41(24)28(23)44)42-38-26(37-39-42)18-13-21(33)25(40(4)5)22(34)14-18/h9,11,13-14,19-20,23-24H,6-8,10,12,15-17H2,1-5H3,(H,35,47)(H,36,43)(H,45,46)/b11-9-/t19-,20+,23-,24-,32+/m0/s1. The van der Waals surface area contributed by atoms with Gasteiger partial charge in [0.15, 0.2) is 0 Å². The van der Waals surface area contributed by atoms with Crippen molar-refractivity contribution in [3.63, 3.8) is 0 Å². The van der Waals surface area contributed by atoms with Crippen LogP contribution in [0.1, 0.15) is 71.8 Å². The zero-order valence-corrected chi connectivity index (χ0v) is 27.7. The molecule has 0 radical (unpaired) electrons. The molecular formula is C32H42F2N8O6. The van der Waals surface area contributed by atoms with Crippen LogP contribution in [0.2, 0.25) is 0 Å². The van der Waals surface area contributed by atoms with E-state index in [9.17, 15) is 33.1 Å². The summed E-state index contributed by atoms with van der Waals surface area (Å²) in [6.07, 6.45) is 6.30. The number of tetrazole rings is 1. The summed E-state index contributed by atoms with van der Waals surface area (Å²) in [5.74, 6) is -4.48. The first-order valence-corrected chi connectivity index (χ1v) is 16.1. The van der Waals surface area contributed by atoms with E-state index < -0.39 is 70.7 Å². The predicted octanol–water partition coefficient (Wildman–Crippen LogP) is 3.20. The van der Waals surface area contributed by atoms with Crippen molar-refractivity contribution in [2.75, 3.05) is 25.5 Å². The van der Waals surface area contributed by atoms with Gasteiger partial charge in [-0.15, -0.1) is 10.2 Å². The van der Waals surface area contributed by atoms with Gasteiger partial charge in [0, 0.05) is 38.5 Å². The Balaban J connectivity index is 1.45. The number of aromatic nitrogens is 4. The van der Waals surface area contributed by atoms with Crippen molar-refractivity contribution in [1.82, 2.24) is 35.7 Å². The molecule has 2 fully saturated rings. The van der Waals surface area contributed by atoms with E-state index in [2.05, 4.69) is 26.0 Å². The molecule has 2 aromatic rings. The van der Waals surface area contributed by atoms with Crippen molar-refractivity contribution in [3.05, 3.63) is 35.9 Å². The van der Waals surface area contributed by atoms with Crippen LogP contribution in [0.4, 0.5) is 19.3 Å². The second-order valence-electron chi connectivity index (χ2n) is 13.9. The maximum absolute atomic E-state index is 14.7. The highest BCUT2D eigenvalue weighted by molar-refractivity contribution is 5.96. The number of nitrogens with zero attached hydrogens (tertiary/aromatic N) is 6. The number of hydrogen-bond acceptors (Lipinski definition) is 9. The Kier molecular flexibility index (Phi) is 9.74. The SMILES string of the molecule is CN(C)c1c(F)cc(-c2nnn([C@@H]3C[C@H]4C(=O)N[C@]5(C(=O)O)C[C@@H]5/C=C\CCCCC[C@H](NC(=O)OC(C)(C)C)C(=O)N4C3)n2)cc1F. The summed E-state index contributed by atoms with van der Waals surface area (Å²) in [5, 5.41) is 27.8. The molecule has 0 unspecified atom stereocenters. The number of aliphatic carboxylic acids is 1. The minimum absolute atomic E-state index is 0.00890. The van der Waals surface area contributed by atoms with Crippen molar-refractivity contribution in [3.8, 4) is 11.4 Å². The maximum Gasteiger partial charge on any atom is 0.408 e. The van der Waals surface area contributed by atoms with Crippen LogP contribution in [0.15, 0.2) is 24.3 Å². The zero-order chi connectivity index (χ0) is 35.0. The fourth-order valence-electron chi connectivity index (χ4n) is 6.31. The Morgan fingerprint density at radius 2 is 1.85 bits per heavy atom. The molecule has 1 saturated heterocycles. The first kappa shape index (κ1) is 34.7. The maximum atomic E-state index is 14.7. The third kappa shape index (κ3) is 7.41. The number of halogens is 2. The number of carboxylic acid groups (broad SMARTS) is 1. The van der Waals surface area contributed by atoms with Gasteiger partial charge in [0.2, 0.25) is 17.6 Å². The van der Waals surface area contributed by atoms with Gasteiger partial charge < -0.3 is 30.3 Å². The monoisotopic (exact) mass is 672 g/mol. The molecule has 1 aliphatic carbocycles. The molecule has 3 aliphatic rings. The van der Waals surface area contributed by atoms with Crippen molar-refractivity contribution in [2.24, 2.45) is 5.92 Å². The number of allylic oxidation sites excluding steroid dienone is 1. The second kappa shape index (κ2) is 13.5. The number of hydrogen-bond donors (Lipinski definition) is 3. The van der Waals surface area contributed by atoms with Gasteiger partial charge in [-0.05, 0) is 63.8 Å². The number of ether oxygens (including phenoxy) is 1. The first-order valence-electron chi connectivity index (χ1n) is 16.1. The van der Waals surface area contributed by atoms with Gasteiger partial charge in [0.1, 0.15) is 40.5 Å². The molecule has 2 aliphatic heterocycles. The fourth-order valence-corrected chi connectivity index (χ4v) is 6.31. The number of anilines is 1. The van der Waals surface area contributed by atoms with Gasteiger partial charge >= 0.3 is 12.1 Å². The third-order valence-corrected chi connectivity index (χ3v) is 8.81. The highest BCUT2D eigenvalue weighted by Gasteiger charge is 2.61. The lowest BCUT2D eigenvalue weighted by Crippen LogP contribution is -2.56. The van der Waals surface area contributed by atoms with E-state index in [0.717, 1.165) is 25.0 Å². The lowest BCUT2D eigenvalue weighted by molar-refractivity contribution is -0.145. The number of carbonyl (C=O) groups is 4. The lowest BCUT2D eigenvalue weighted by Gasteiger charge is -2.30. The van der Waals surface area contributed by atoms with E-state index in [1.165, 1.54) is 28.7 Å². The van der Waals surface area contributed by atoms with Gasteiger partial charge in [-0.1, -0.05) is 25.0 Å². The summed E-state index contributed by atoms with van der Waals surface area (Å²) in [4.78, 5) is 57.0. The van der Waals surface area contributed by atoms with Crippen LogP contribution in [0.5, 0.6) is 0 Å². The summed E-state index contributed by atoms with van der Waals surface area (Å²) in [5.41, 5.74) is -2.50. The number of benzene rings is 1. The van der Waals surface area contributed by atoms with E-state index in [1.807, 2.05) is 12.2 Å². The average Bonchev–Trinajstić information content (AvgIpc) is 3.30. The average molecular weight is 673 g/mol. The van der Waals surface area contributed by atoms with Crippen LogP contribution in [-0.4, -0.2) is 98.0 Å². The molecule has 3 heterocycles. The minimum Gasteiger partial charge on any atom is -0.479 e. The molecule has 1 aromatic heterocycles. The molecule has 1 aromatic carbocycles. The molecule has 14 nitrogen and oxygen atoms in total. The Bertz CT molecular complexity index is 1580. The summed E-state index contributed by atoms with van der Waals surface area (Å²) >= 11 is 0. The van der Waals surface area contributed by atoms with E-state index >= 15 is 0 Å². The van der Waals surface area contributed by atoms with E-state index in [1.54, 1.807) is 20.8 Å². The van der Waals surface area contributed by atoms with Gasteiger partial charge in [-0.25, -0.2) is 18.4 Å². The lowest BCUT2D eigenvalue weighted by atomic mass is 10.0. The molecule has 1 saturated carbocycles. The number of carbonyl (C=O) groups excluding carboxylic acids is 3. The third-order valence-electron chi connectivity index (χ3n) is 8.81. The van der Waals surface area contributed by atoms with Crippen LogP contribution >= 0.6 is 0 Å². The quantitative estimate of drug-likeness (QED) is 0.401. The van der Waals surface area contributed by atoms with Crippen LogP contribution < -0.4 is 15.5 Å². The zero-order valence-electron chi connectivity index (χ0n) is 27.7. The van der Waals surface area contributed by atoms with Crippen molar-refractivity contribution in [2.45, 2.75) is 95.0 Å². The molecule has 3 N–H and O–H groups in total. The highest BCUT2D eigenvalue weighted by Crippen LogP contribution is 2.45. The van der Waals surface area contributed by atoms with Gasteiger partial charge in [0.25, 0.3) is 0 Å². The van der Waals surface area contributed by atoms with Crippen LogP contribution in [0.25, 0.3) is 11.4 Å². The molecular weight excluding hydrogens is 630 g/mol. The first-order chi connectivity index (χ1) is 22.6. The topological polar surface area (TPSA) is 172 Å². The Morgan fingerprint density at radius 3 is 2.50 bits per heavy atom. The second-order valence-corrected chi connectivity index (χ2v) is 13.9. The minimum atomic E-state index is -1.50.